The lowest BCUT2D eigenvalue weighted by atomic mass is 10.3. The van der Waals surface area contributed by atoms with Crippen molar-refractivity contribution in [1.29, 1.82) is 5.26 Å². The first-order chi connectivity index (χ1) is 11.8. The molecule has 0 atom stereocenters. The fourth-order valence-corrected chi connectivity index (χ4v) is 4.37. The van der Waals surface area contributed by atoms with Gasteiger partial charge in [-0.05, 0) is 23.9 Å². The van der Waals surface area contributed by atoms with Crippen LogP contribution in [0.3, 0.4) is 0 Å². The summed E-state index contributed by atoms with van der Waals surface area (Å²) in [6.45, 7) is 0. The molecular formula is C11H4Cl4F6N4S2. The van der Waals surface area contributed by atoms with Crippen molar-refractivity contribution in [1.82, 2.24) is 9.78 Å². The van der Waals surface area contributed by atoms with Crippen molar-refractivity contribution in [2.45, 2.75) is 13.7 Å². The van der Waals surface area contributed by atoms with E-state index >= 15 is 0 Å². The van der Waals surface area contributed by atoms with Gasteiger partial charge in [0.05, 0.1) is 14.9 Å². The average Bonchev–Trinajstić information content (AvgIpc) is 2.71. The molecule has 0 saturated heterocycles. The zero-order chi connectivity index (χ0) is 21.1. The fraction of sp³-hybridized carbons (Fsp3) is 0.0909. The lowest BCUT2D eigenvalue weighted by molar-refractivity contribution is 0.364. The summed E-state index contributed by atoms with van der Waals surface area (Å²) in [5.74, 6) is -0.510. The third-order valence-corrected chi connectivity index (χ3v) is 5.85. The van der Waals surface area contributed by atoms with Crippen molar-refractivity contribution >= 4 is 74.2 Å². The summed E-state index contributed by atoms with van der Waals surface area (Å²) in [5.41, 5.74) is 4.64. The fourth-order valence-electron chi connectivity index (χ4n) is 1.84. The quantitative estimate of drug-likeness (QED) is 0.263. The Labute approximate surface area is 171 Å². The maximum Gasteiger partial charge on any atom is 0.310 e. The van der Waals surface area contributed by atoms with E-state index in [2.05, 4.69) is 5.10 Å². The number of nitriles is 1. The van der Waals surface area contributed by atoms with Crippen molar-refractivity contribution < 1.29 is 23.8 Å². The minimum absolute atomic E-state index is 0.0626. The van der Waals surface area contributed by atoms with Crippen molar-refractivity contribution in [3.63, 3.8) is 0 Å². The van der Waals surface area contributed by atoms with Gasteiger partial charge in [-0.1, -0.05) is 65.8 Å². The van der Waals surface area contributed by atoms with Crippen molar-refractivity contribution in [2.75, 3.05) is 5.73 Å². The van der Waals surface area contributed by atoms with Crippen LogP contribution in [0.4, 0.5) is 29.6 Å². The van der Waals surface area contributed by atoms with Crippen LogP contribution in [0.2, 0.25) is 10.0 Å². The molecular weight excluding hydrogens is 508 g/mol. The maximum absolute atomic E-state index is 13.4. The second-order valence-electron chi connectivity index (χ2n) is 4.84. The highest BCUT2D eigenvalue weighted by Crippen LogP contribution is 3.02. The predicted octanol–water partition coefficient (Wildman–Crippen LogP) is 7.44. The number of nitrogens with two attached hydrogens (primary N) is 1. The van der Waals surface area contributed by atoms with E-state index in [1.54, 1.807) is 0 Å². The number of nitrogens with zero attached hydrogens (tertiary/aromatic N) is 3. The van der Waals surface area contributed by atoms with E-state index in [1.165, 1.54) is 6.07 Å². The lowest BCUT2D eigenvalue weighted by Crippen LogP contribution is -2.09. The Morgan fingerprint density at radius 1 is 1.15 bits per heavy atom. The molecule has 2 aromatic rings. The zero-order valence-corrected chi connectivity index (χ0v) is 16.8. The number of aromatic nitrogens is 2. The predicted molar refractivity (Wildman–Crippen MR) is 95.5 cm³/mol. The molecule has 1 heterocycles. The Bertz CT molecular complexity index is 958. The summed E-state index contributed by atoms with van der Waals surface area (Å²) in [5, 5.41) is 10.9. The zero-order valence-electron chi connectivity index (χ0n) is 12.2. The largest absolute Gasteiger partial charge is 0.383 e. The smallest absolute Gasteiger partial charge is 0.310 e. The number of rotatable bonds is 4. The minimum atomic E-state index is -10.1. The molecule has 1 aromatic carbocycles. The van der Waals surface area contributed by atoms with E-state index in [0.29, 0.717) is 4.68 Å². The summed E-state index contributed by atoms with van der Waals surface area (Å²) in [4.78, 5) is -2.70. The molecule has 16 heteroatoms. The Balaban J connectivity index is 2.73. The molecule has 2 rings (SSSR count). The summed E-state index contributed by atoms with van der Waals surface area (Å²) < 4.78 is 75.8. The summed E-state index contributed by atoms with van der Waals surface area (Å²) in [6, 6.07) is 1.41. The van der Waals surface area contributed by atoms with E-state index in [4.69, 9.17) is 57.4 Å². The number of benzene rings is 1. The second kappa shape index (κ2) is 6.08. The van der Waals surface area contributed by atoms with E-state index < -0.39 is 46.3 Å². The standard InChI is InChI=1S/C11H4Cl4F6N4S2/c12-5-1-4(27(17,18,19,20)21)2-6(13)8(5)25-10(23)9(7(3-22)24-25)26-11(14,15)16/h1-2H,23H2. The molecule has 2 N–H and O–H groups in total. The highest BCUT2D eigenvalue weighted by Gasteiger charge is 2.65. The third-order valence-electron chi connectivity index (χ3n) is 2.85. The van der Waals surface area contributed by atoms with E-state index in [0.717, 1.165) is 0 Å². The van der Waals surface area contributed by atoms with Gasteiger partial charge in [-0.2, -0.15) is 14.8 Å². The Hall–Kier alpha value is -0.840. The third kappa shape index (κ3) is 4.96. The first kappa shape index (κ1) is 22.4. The van der Waals surface area contributed by atoms with Crippen LogP contribution in [-0.2, 0) is 0 Å². The van der Waals surface area contributed by atoms with Gasteiger partial charge >= 0.3 is 14.1 Å². The van der Waals surface area contributed by atoms with E-state index in [1.807, 2.05) is 0 Å². The monoisotopic (exact) mass is 510 g/mol. The van der Waals surface area contributed by atoms with Gasteiger partial charge in [0, 0.05) is 0 Å². The normalized spacial score (nSPS) is 15.1. The number of nitrogen functional groups attached to an aromatic ring is 1. The number of thioether (sulfide) groups is 1. The molecule has 0 radical (unpaired) electrons. The van der Waals surface area contributed by atoms with Gasteiger partial charge in [0.25, 0.3) is 0 Å². The van der Waals surface area contributed by atoms with Gasteiger partial charge in [-0.15, -0.1) is 0 Å². The molecule has 0 aliphatic heterocycles. The van der Waals surface area contributed by atoms with Crippen LogP contribution in [0.25, 0.3) is 5.69 Å². The number of halogens is 10. The Kier molecular flexibility index (Phi) is 5.05. The molecule has 0 amide bonds. The molecule has 0 aliphatic rings. The van der Waals surface area contributed by atoms with Gasteiger partial charge < -0.3 is 5.73 Å². The molecule has 150 valence electrons. The molecule has 27 heavy (non-hydrogen) atoms. The average molecular weight is 512 g/mol. The van der Waals surface area contributed by atoms with Crippen LogP contribution in [0.1, 0.15) is 5.69 Å². The Morgan fingerprint density at radius 2 is 1.63 bits per heavy atom. The molecule has 0 saturated carbocycles. The van der Waals surface area contributed by atoms with Gasteiger partial charge in [-0.25, -0.2) is 4.68 Å². The van der Waals surface area contributed by atoms with E-state index in [9.17, 15) is 23.8 Å². The molecule has 0 unspecified atom stereocenters. The van der Waals surface area contributed by atoms with Crippen molar-refractivity contribution in [3.8, 4) is 11.8 Å². The topological polar surface area (TPSA) is 67.6 Å². The Morgan fingerprint density at radius 3 is 2.00 bits per heavy atom. The highest BCUT2D eigenvalue weighted by atomic mass is 35.5. The summed E-state index contributed by atoms with van der Waals surface area (Å²) in [6.07, 6.45) is 0. The maximum atomic E-state index is 13.4. The lowest BCUT2D eigenvalue weighted by Gasteiger charge is -2.40. The first-order valence-corrected chi connectivity index (χ1v) is 10.4. The molecule has 0 bridgehead atoms. The van der Waals surface area contributed by atoms with Crippen LogP contribution < -0.4 is 5.73 Å². The number of hydrogen-bond donors (Lipinski definition) is 1. The number of alkyl halides is 3. The van der Waals surface area contributed by atoms with Gasteiger partial charge in [-0.3, -0.25) is 0 Å². The first-order valence-electron chi connectivity index (χ1n) is 6.12. The molecule has 0 fully saturated rings. The molecule has 0 spiro atoms. The van der Waals surface area contributed by atoms with Crippen LogP contribution in [-0.4, -0.2) is 13.7 Å². The van der Waals surface area contributed by atoms with Gasteiger partial charge in [0.2, 0.25) is 0 Å². The SMILES string of the molecule is N#Cc1nn(-c2c(Cl)cc(S(F)(F)(F)(F)F)cc2Cl)c(N)c1SC(F)(Cl)Cl. The van der Waals surface area contributed by atoms with Crippen LogP contribution >= 0.6 is 68.4 Å². The second-order valence-corrected chi connectivity index (χ2v) is 10.9. The van der Waals surface area contributed by atoms with Crippen LogP contribution in [0.5, 0.6) is 0 Å². The van der Waals surface area contributed by atoms with Gasteiger partial charge in [0.15, 0.2) is 5.69 Å². The van der Waals surface area contributed by atoms with Crippen LogP contribution in [0, 0.1) is 11.3 Å². The minimum Gasteiger partial charge on any atom is -0.383 e. The van der Waals surface area contributed by atoms with Crippen LogP contribution in [0.15, 0.2) is 21.9 Å². The number of anilines is 1. The molecule has 0 aliphatic carbocycles. The van der Waals surface area contributed by atoms with E-state index in [-0.39, 0.29) is 28.8 Å². The van der Waals surface area contributed by atoms with Gasteiger partial charge in [0.1, 0.15) is 22.5 Å². The number of hydrogen-bond acceptors (Lipinski definition) is 4. The molecule has 4 nitrogen and oxygen atoms in total. The van der Waals surface area contributed by atoms with Crippen molar-refractivity contribution in [3.05, 3.63) is 27.9 Å². The molecule has 1 aromatic heterocycles. The highest BCUT2D eigenvalue weighted by molar-refractivity contribution is 8.45. The summed E-state index contributed by atoms with van der Waals surface area (Å²) >= 11 is 21.8. The summed E-state index contributed by atoms with van der Waals surface area (Å²) in [7, 11) is -10.1. The van der Waals surface area contributed by atoms with Crippen molar-refractivity contribution in [2.24, 2.45) is 0 Å².